The normalized spacial score (nSPS) is 18.1. The Labute approximate surface area is 176 Å². The summed E-state index contributed by atoms with van der Waals surface area (Å²) in [6.07, 6.45) is 10.6. The SMILES string of the molecule is CCC[CH2][Sn](/[CH]=C1\CCCC(C(=O)OC)(C(=O)OC)C1)([CH2]CCC)[CH2]CCC. The molecule has 0 unspecified atom stereocenters. The summed E-state index contributed by atoms with van der Waals surface area (Å²) < 4.78 is 17.0. The number of esters is 2. The summed E-state index contributed by atoms with van der Waals surface area (Å²) in [7, 11) is 2.75. The monoisotopic (exact) mass is 502 g/mol. The van der Waals surface area contributed by atoms with Gasteiger partial charge in [0.15, 0.2) is 0 Å². The third kappa shape index (κ3) is 6.77. The van der Waals surface area contributed by atoms with Gasteiger partial charge in [0.05, 0.1) is 0 Å². The summed E-state index contributed by atoms with van der Waals surface area (Å²) in [5, 5.41) is 0. The number of rotatable bonds is 12. The van der Waals surface area contributed by atoms with Crippen LogP contribution >= 0.6 is 0 Å². The molecule has 4 nitrogen and oxygen atoms in total. The Morgan fingerprint density at radius 3 is 1.79 bits per heavy atom. The number of hydrogen-bond donors (Lipinski definition) is 0. The molecule has 0 aromatic carbocycles. The zero-order chi connectivity index (χ0) is 21.0. The van der Waals surface area contributed by atoms with Crippen LogP contribution in [0.1, 0.15) is 85.0 Å². The van der Waals surface area contributed by atoms with Gasteiger partial charge in [-0.2, -0.15) is 0 Å². The molecule has 1 aliphatic carbocycles. The first kappa shape index (κ1) is 25.5. The van der Waals surface area contributed by atoms with Crippen LogP contribution in [-0.2, 0) is 19.1 Å². The van der Waals surface area contributed by atoms with Crippen LogP contribution in [0, 0.1) is 5.41 Å². The molecule has 1 aliphatic rings. The van der Waals surface area contributed by atoms with Crippen LogP contribution < -0.4 is 0 Å². The van der Waals surface area contributed by atoms with E-state index in [1.807, 2.05) is 0 Å². The molecular formula is C23H42O4Sn. The number of ether oxygens (including phenoxy) is 2. The molecule has 0 spiro atoms. The number of hydrogen-bond acceptors (Lipinski definition) is 4. The molecule has 0 aliphatic heterocycles. The van der Waals surface area contributed by atoms with Crippen molar-refractivity contribution < 1.29 is 19.1 Å². The summed E-state index contributed by atoms with van der Waals surface area (Å²) >= 11 is -2.46. The summed E-state index contributed by atoms with van der Waals surface area (Å²) in [6, 6.07) is 0. The summed E-state index contributed by atoms with van der Waals surface area (Å²) in [5.41, 5.74) is 0.201. The third-order valence-corrected chi connectivity index (χ3v) is 20.8. The van der Waals surface area contributed by atoms with Gasteiger partial charge in [-0.1, -0.05) is 0 Å². The van der Waals surface area contributed by atoms with E-state index < -0.39 is 35.7 Å². The van der Waals surface area contributed by atoms with Crippen LogP contribution in [0.2, 0.25) is 13.3 Å². The van der Waals surface area contributed by atoms with E-state index in [2.05, 4.69) is 24.9 Å². The van der Waals surface area contributed by atoms with Crippen molar-refractivity contribution in [3.05, 3.63) is 9.67 Å². The second-order valence-electron chi connectivity index (χ2n) is 8.57. The van der Waals surface area contributed by atoms with Gasteiger partial charge in [0.25, 0.3) is 0 Å². The molecular weight excluding hydrogens is 459 g/mol. The van der Waals surface area contributed by atoms with Gasteiger partial charge in [-0.3, -0.25) is 0 Å². The Morgan fingerprint density at radius 1 is 0.929 bits per heavy atom. The first-order valence-corrected chi connectivity index (χ1v) is 19.0. The number of carbonyl (C=O) groups is 2. The fourth-order valence-electron chi connectivity index (χ4n) is 4.74. The average Bonchev–Trinajstić information content (AvgIpc) is 2.73. The number of unbranched alkanes of at least 4 members (excludes halogenated alkanes) is 3. The van der Waals surface area contributed by atoms with Crippen LogP contribution in [0.5, 0.6) is 0 Å². The average molecular weight is 501 g/mol. The molecule has 0 radical (unpaired) electrons. The van der Waals surface area contributed by atoms with Crippen molar-refractivity contribution in [3.8, 4) is 0 Å². The quantitative estimate of drug-likeness (QED) is 0.181. The molecule has 1 saturated carbocycles. The van der Waals surface area contributed by atoms with Crippen LogP contribution in [0.25, 0.3) is 0 Å². The number of carbonyl (C=O) groups excluding carboxylic acids is 2. The van der Waals surface area contributed by atoms with Gasteiger partial charge >= 0.3 is 177 Å². The van der Waals surface area contributed by atoms with E-state index in [-0.39, 0.29) is 0 Å². The molecule has 0 atom stereocenters. The van der Waals surface area contributed by atoms with Crippen LogP contribution in [0.3, 0.4) is 0 Å². The summed E-state index contributed by atoms with van der Waals surface area (Å²) in [4.78, 5) is 25.2. The minimum atomic E-state index is -2.46. The Hall–Kier alpha value is -0.521. The number of methoxy groups -OCH3 is 2. The molecule has 0 N–H and O–H groups in total. The predicted octanol–water partition coefficient (Wildman–Crippen LogP) is 6.21. The molecule has 28 heavy (non-hydrogen) atoms. The standard InChI is InChI=1S/C11H15O4.3C4H9.Sn/c1-8-5-4-6-11(7-8,9(12)14-2)10(13)15-3;3*1-3-4-2;/h1H,4-7H2,2-3H3;3*1,3-4H2,2H3;. The molecule has 0 saturated heterocycles. The molecule has 1 rings (SSSR count). The van der Waals surface area contributed by atoms with E-state index in [9.17, 15) is 9.59 Å². The Kier molecular flexibility index (Phi) is 11.8. The molecule has 0 bridgehead atoms. The Balaban J connectivity index is 3.25. The van der Waals surface area contributed by atoms with E-state index in [0.29, 0.717) is 12.8 Å². The fourth-order valence-corrected chi connectivity index (χ4v) is 20.3. The number of allylic oxidation sites excluding steroid dienone is 1. The van der Waals surface area contributed by atoms with Gasteiger partial charge in [0.1, 0.15) is 0 Å². The van der Waals surface area contributed by atoms with Crippen LogP contribution in [-0.4, -0.2) is 44.5 Å². The van der Waals surface area contributed by atoms with Crippen molar-refractivity contribution in [1.82, 2.24) is 0 Å². The summed E-state index contributed by atoms with van der Waals surface area (Å²) in [6.45, 7) is 6.84. The van der Waals surface area contributed by atoms with Crippen LogP contribution in [0.4, 0.5) is 0 Å². The second-order valence-corrected chi connectivity index (χ2v) is 21.5. The van der Waals surface area contributed by atoms with E-state index in [1.165, 1.54) is 71.6 Å². The molecule has 5 heteroatoms. The van der Waals surface area contributed by atoms with E-state index >= 15 is 0 Å². The Morgan fingerprint density at radius 2 is 1.39 bits per heavy atom. The van der Waals surface area contributed by atoms with Gasteiger partial charge in [-0.15, -0.1) is 0 Å². The molecule has 0 amide bonds. The van der Waals surface area contributed by atoms with Crippen molar-refractivity contribution in [1.29, 1.82) is 0 Å². The Bertz CT molecular complexity index is 489. The van der Waals surface area contributed by atoms with Crippen molar-refractivity contribution in [3.63, 3.8) is 0 Å². The molecule has 0 aromatic rings. The first-order valence-electron chi connectivity index (χ1n) is 11.3. The van der Waals surface area contributed by atoms with Crippen molar-refractivity contribution in [2.45, 2.75) is 98.3 Å². The predicted molar refractivity (Wildman–Crippen MR) is 118 cm³/mol. The third-order valence-electron chi connectivity index (χ3n) is 6.38. The van der Waals surface area contributed by atoms with Gasteiger partial charge in [-0.25, -0.2) is 0 Å². The van der Waals surface area contributed by atoms with E-state index in [1.54, 1.807) is 0 Å². The van der Waals surface area contributed by atoms with Gasteiger partial charge in [0, 0.05) is 0 Å². The first-order chi connectivity index (χ1) is 13.4. The molecule has 1 fully saturated rings. The zero-order valence-electron chi connectivity index (χ0n) is 18.9. The maximum atomic E-state index is 12.6. The van der Waals surface area contributed by atoms with Crippen molar-refractivity contribution >= 4 is 30.3 Å². The van der Waals surface area contributed by atoms with Gasteiger partial charge < -0.3 is 0 Å². The van der Waals surface area contributed by atoms with Gasteiger partial charge in [0.2, 0.25) is 0 Å². The van der Waals surface area contributed by atoms with Crippen molar-refractivity contribution in [2.75, 3.05) is 14.2 Å². The van der Waals surface area contributed by atoms with Crippen LogP contribution in [0.15, 0.2) is 9.67 Å². The van der Waals surface area contributed by atoms with E-state index in [0.717, 1.165) is 12.8 Å². The maximum absolute atomic E-state index is 12.6. The zero-order valence-corrected chi connectivity index (χ0v) is 21.8. The minimum absolute atomic E-state index is 0.429. The van der Waals surface area contributed by atoms with E-state index in [4.69, 9.17) is 9.47 Å². The molecule has 0 heterocycles. The fraction of sp³-hybridized carbons (Fsp3) is 0.826. The second kappa shape index (κ2) is 12.9. The topological polar surface area (TPSA) is 52.6 Å². The van der Waals surface area contributed by atoms with Crippen molar-refractivity contribution in [2.24, 2.45) is 5.41 Å². The summed E-state index contributed by atoms with van der Waals surface area (Å²) in [5.74, 6) is -0.858. The van der Waals surface area contributed by atoms with Gasteiger partial charge in [-0.05, 0) is 0 Å². The molecule has 0 aromatic heterocycles. The molecule has 162 valence electrons.